The maximum absolute atomic E-state index is 5.69. The molecule has 0 saturated heterocycles. The Morgan fingerprint density at radius 3 is 2.60 bits per heavy atom. The van der Waals surface area contributed by atoms with E-state index in [1.54, 1.807) is 18.0 Å². The van der Waals surface area contributed by atoms with Crippen LogP contribution in [-0.4, -0.2) is 17.3 Å². The van der Waals surface area contributed by atoms with Gasteiger partial charge in [0.25, 0.3) is 0 Å². The van der Waals surface area contributed by atoms with Gasteiger partial charge in [0.1, 0.15) is 5.75 Å². The topological polar surface area (TPSA) is 48.1 Å². The molecule has 3 nitrogen and oxygen atoms in total. The van der Waals surface area contributed by atoms with E-state index < -0.39 is 0 Å². The minimum Gasteiger partial charge on any atom is -0.494 e. The van der Waals surface area contributed by atoms with Crippen LogP contribution in [0.3, 0.4) is 0 Å². The summed E-state index contributed by atoms with van der Waals surface area (Å²) in [4.78, 5) is 4.26. The van der Waals surface area contributed by atoms with Crippen molar-refractivity contribution < 1.29 is 4.74 Å². The fraction of sp³-hybridized carbons (Fsp3) is 0.312. The zero-order chi connectivity index (χ0) is 14.2. The molecule has 4 heteroatoms. The Bertz CT molecular complexity index is 462. The van der Waals surface area contributed by atoms with Crippen LogP contribution in [-0.2, 0) is 0 Å². The summed E-state index contributed by atoms with van der Waals surface area (Å²) >= 11 is 1.76. The molecule has 1 heterocycles. The van der Waals surface area contributed by atoms with Gasteiger partial charge in [-0.15, -0.1) is 11.8 Å². The minimum absolute atomic E-state index is 0.709. The lowest BCUT2D eigenvalue weighted by Crippen LogP contribution is -1.98. The van der Waals surface area contributed by atoms with E-state index in [9.17, 15) is 0 Å². The van der Waals surface area contributed by atoms with Gasteiger partial charge in [0.15, 0.2) is 0 Å². The van der Waals surface area contributed by atoms with Crippen LogP contribution in [0, 0.1) is 6.92 Å². The lowest BCUT2D eigenvalue weighted by Gasteiger charge is -2.06. The molecule has 0 unspecified atom stereocenters. The number of aryl methyl sites for hydroxylation is 1. The van der Waals surface area contributed by atoms with Crippen LogP contribution >= 0.6 is 11.8 Å². The molecular weight excluding hydrogens is 268 g/mol. The third-order valence-corrected chi connectivity index (χ3v) is 3.87. The number of nitrogens with two attached hydrogens (primary N) is 1. The SMILES string of the molecule is Cc1ccc(OCCCCSc2ccc(N)cn2)cc1. The normalized spacial score (nSPS) is 10.4. The molecule has 20 heavy (non-hydrogen) atoms. The molecule has 0 saturated carbocycles. The van der Waals surface area contributed by atoms with Crippen molar-refractivity contribution in [3.8, 4) is 5.75 Å². The zero-order valence-electron chi connectivity index (χ0n) is 11.7. The maximum atomic E-state index is 5.69. The molecule has 1 aromatic heterocycles. The Kier molecular flexibility index (Phi) is 5.74. The summed E-state index contributed by atoms with van der Waals surface area (Å²) in [5.74, 6) is 2.00. The number of ether oxygens (including phenoxy) is 1. The van der Waals surface area contributed by atoms with E-state index in [4.69, 9.17) is 10.5 Å². The number of thioether (sulfide) groups is 1. The van der Waals surface area contributed by atoms with E-state index in [2.05, 4.69) is 24.0 Å². The van der Waals surface area contributed by atoms with Gasteiger partial charge in [-0.1, -0.05) is 17.7 Å². The molecule has 2 aromatic rings. The summed E-state index contributed by atoms with van der Waals surface area (Å²) in [6.45, 7) is 2.84. The van der Waals surface area contributed by atoms with Gasteiger partial charge in [-0.2, -0.15) is 0 Å². The zero-order valence-corrected chi connectivity index (χ0v) is 12.5. The van der Waals surface area contributed by atoms with Gasteiger partial charge in [-0.05, 0) is 49.8 Å². The number of unbranched alkanes of at least 4 members (excludes halogenated alkanes) is 1. The molecule has 2 N–H and O–H groups in total. The average Bonchev–Trinajstić information content (AvgIpc) is 2.46. The first kappa shape index (κ1) is 14.7. The van der Waals surface area contributed by atoms with Crippen LogP contribution in [0.1, 0.15) is 18.4 Å². The highest BCUT2D eigenvalue weighted by Gasteiger charge is 1.97. The number of benzene rings is 1. The van der Waals surface area contributed by atoms with Gasteiger partial charge in [-0.25, -0.2) is 4.98 Å². The highest BCUT2D eigenvalue weighted by atomic mass is 32.2. The minimum atomic E-state index is 0.709. The second-order valence-corrected chi connectivity index (χ2v) is 5.76. The first-order valence-electron chi connectivity index (χ1n) is 6.78. The summed E-state index contributed by atoms with van der Waals surface area (Å²) in [6.07, 6.45) is 3.86. The molecule has 0 aliphatic rings. The lowest BCUT2D eigenvalue weighted by molar-refractivity contribution is 0.310. The second kappa shape index (κ2) is 7.80. The summed E-state index contributed by atoms with van der Waals surface area (Å²) in [6, 6.07) is 12.0. The molecule has 0 aliphatic carbocycles. The van der Waals surface area contributed by atoms with Crippen molar-refractivity contribution in [2.75, 3.05) is 18.1 Å². The summed E-state index contributed by atoms with van der Waals surface area (Å²) < 4.78 is 5.69. The molecule has 0 aliphatic heterocycles. The Balaban J connectivity index is 1.57. The quantitative estimate of drug-likeness (QED) is 0.619. The van der Waals surface area contributed by atoms with Crippen molar-refractivity contribution in [2.24, 2.45) is 0 Å². The largest absolute Gasteiger partial charge is 0.494 e. The van der Waals surface area contributed by atoms with E-state index >= 15 is 0 Å². The number of hydrogen-bond acceptors (Lipinski definition) is 4. The smallest absolute Gasteiger partial charge is 0.119 e. The third kappa shape index (κ3) is 5.13. The molecular formula is C16H20N2OS. The highest BCUT2D eigenvalue weighted by Crippen LogP contribution is 2.18. The molecule has 0 amide bonds. The number of pyridine rings is 1. The number of hydrogen-bond donors (Lipinski definition) is 1. The number of nitrogens with zero attached hydrogens (tertiary/aromatic N) is 1. The number of anilines is 1. The van der Waals surface area contributed by atoms with Gasteiger partial charge in [-0.3, -0.25) is 0 Å². The van der Waals surface area contributed by atoms with Gasteiger partial charge in [0, 0.05) is 0 Å². The first-order valence-corrected chi connectivity index (χ1v) is 7.76. The van der Waals surface area contributed by atoms with Crippen molar-refractivity contribution >= 4 is 17.4 Å². The molecule has 0 radical (unpaired) electrons. The van der Waals surface area contributed by atoms with Crippen LogP contribution in [0.25, 0.3) is 0 Å². The Labute approximate surface area is 124 Å². The Hall–Kier alpha value is -1.68. The monoisotopic (exact) mass is 288 g/mol. The van der Waals surface area contributed by atoms with Crippen LogP contribution in [0.2, 0.25) is 0 Å². The number of rotatable bonds is 7. The van der Waals surface area contributed by atoms with Crippen molar-refractivity contribution in [2.45, 2.75) is 24.8 Å². The van der Waals surface area contributed by atoms with Gasteiger partial charge in [0.05, 0.1) is 23.5 Å². The molecule has 0 bridgehead atoms. The van der Waals surface area contributed by atoms with Gasteiger partial charge < -0.3 is 10.5 Å². The molecule has 0 spiro atoms. The van der Waals surface area contributed by atoms with E-state index in [0.29, 0.717) is 5.69 Å². The van der Waals surface area contributed by atoms with Crippen molar-refractivity contribution in [1.29, 1.82) is 0 Å². The van der Waals surface area contributed by atoms with Crippen molar-refractivity contribution in [3.63, 3.8) is 0 Å². The van der Waals surface area contributed by atoms with Crippen LogP contribution in [0.4, 0.5) is 5.69 Å². The molecule has 0 fully saturated rings. The van der Waals surface area contributed by atoms with E-state index in [-0.39, 0.29) is 0 Å². The average molecular weight is 288 g/mol. The third-order valence-electron chi connectivity index (χ3n) is 2.84. The molecule has 1 aromatic carbocycles. The summed E-state index contributed by atoms with van der Waals surface area (Å²) in [5.41, 5.74) is 7.56. The Morgan fingerprint density at radius 1 is 1.10 bits per heavy atom. The predicted octanol–water partition coefficient (Wildman–Crippen LogP) is 3.92. The molecule has 106 valence electrons. The van der Waals surface area contributed by atoms with Gasteiger partial charge >= 0.3 is 0 Å². The number of nitrogen functional groups attached to an aromatic ring is 1. The van der Waals surface area contributed by atoms with E-state index in [0.717, 1.165) is 36.0 Å². The van der Waals surface area contributed by atoms with Gasteiger partial charge in [0.2, 0.25) is 0 Å². The standard InChI is InChI=1S/C16H20N2OS/c1-13-4-7-15(8-5-13)19-10-2-3-11-20-16-9-6-14(17)12-18-16/h4-9,12H,2-3,10-11,17H2,1H3. The summed E-state index contributed by atoms with van der Waals surface area (Å²) in [7, 11) is 0. The fourth-order valence-electron chi connectivity index (χ4n) is 1.68. The lowest BCUT2D eigenvalue weighted by atomic mass is 10.2. The van der Waals surface area contributed by atoms with Crippen LogP contribution in [0.5, 0.6) is 5.75 Å². The van der Waals surface area contributed by atoms with Crippen LogP contribution in [0.15, 0.2) is 47.6 Å². The Morgan fingerprint density at radius 2 is 1.90 bits per heavy atom. The predicted molar refractivity (Wildman–Crippen MR) is 85.3 cm³/mol. The fourth-order valence-corrected chi connectivity index (χ4v) is 2.53. The first-order chi connectivity index (χ1) is 9.74. The second-order valence-electron chi connectivity index (χ2n) is 4.65. The van der Waals surface area contributed by atoms with Crippen LogP contribution < -0.4 is 10.5 Å². The van der Waals surface area contributed by atoms with Crippen molar-refractivity contribution in [3.05, 3.63) is 48.2 Å². The number of aromatic nitrogens is 1. The molecule has 0 atom stereocenters. The van der Waals surface area contributed by atoms with Crippen molar-refractivity contribution in [1.82, 2.24) is 4.98 Å². The van der Waals surface area contributed by atoms with E-state index in [1.807, 2.05) is 24.3 Å². The molecule has 2 rings (SSSR count). The maximum Gasteiger partial charge on any atom is 0.119 e. The highest BCUT2D eigenvalue weighted by molar-refractivity contribution is 7.99. The summed E-state index contributed by atoms with van der Waals surface area (Å²) in [5, 5.41) is 1.03. The van der Waals surface area contributed by atoms with E-state index in [1.165, 1.54) is 5.56 Å².